The highest BCUT2D eigenvalue weighted by Crippen LogP contribution is 2.25. The maximum absolute atomic E-state index is 13.8. The number of ether oxygens (including phenoxy) is 1. The molecule has 2 rings (SSSR count). The number of nitrogens with zero attached hydrogens (tertiary/aromatic N) is 2. The third kappa shape index (κ3) is 2.26. The lowest BCUT2D eigenvalue weighted by atomic mass is 10.3. The fraction of sp³-hybridized carbons (Fsp3) is 0.167. The van der Waals surface area contributed by atoms with E-state index in [1.54, 1.807) is 6.92 Å². The van der Waals surface area contributed by atoms with Crippen LogP contribution >= 0.6 is 11.6 Å². The van der Waals surface area contributed by atoms with E-state index >= 15 is 0 Å². The summed E-state index contributed by atoms with van der Waals surface area (Å²) >= 11 is 5.84. The Hall–Kier alpha value is -2.08. The summed E-state index contributed by atoms with van der Waals surface area (Å²) in [5, 5.41) is 0.350. The Kier molecular flexibility index (Phi) is 3.44. The lowest BCUT2D eigenvalue weighted by molar-refractivity contribution is 0.0596. The molecule has 1 heterocycles. The zero-order valence-electron chi connectivity index (χ0n) is 10.3. The molecule has 7 heteroatoms. The summed E-state index contributed by atoms with van der Waals surface area (Å²) < 4.78 is 19.7. The maximum atomic E-state index is 13.8. The molecule has 0 radical (unpaired) electrons. The summed E-state index contributed by atoms with van der Waals surface area (Å²) in [5.41, 5.74) is 5.90. The number of nitrogen functional groups attached to an aromatic ring is 1. The first-order valence-corrected chi connectivity index (χ1v) is 5.72. The molecule has 0 amide bonds. The predicted molar refractivity (Wildman–Crippen MR) is 69.0 cm³/mol. The average Bonchev–Trinajstić information content (AvgIpc) is 2.67. The molecule has 2 aromatic rings. The summed E-state index contributed by atoms with van der Waals surface area (Å²) in [6, 6.07) is 4.04. The number of halogens is 2. The predicted octanol–water partition coefficient (Wildman–Crippen LogP) is 2.34. The van der Waals surface area contributed by atoms with Gasteiger partial charge in [-0.1, -0.05) is 11.6 Å². The van der Waals surface area contributed by atoms with Crippen LogP contribution in [0.2, 0.25) is 5.02 Å². The number of carbonyl (C=O) groups excluding carboxylic acids is 1. The normalized spacial score (nSPS) is 10.5. The lowest BCUT2D eigenvalue weighted by Gasteiger charge is -2.09. The zero-order valence-corrected chi connectivity index (χ0v) is 11.0. The van der Waals surface area contributed by atoms with E-state index in [4.69, 9.17) is 17.3 Å². The maximum Gasteiger partial charge on any atom is 0.360 e. The number of benzene rings is 1. The minimum atomic E-state index is -0.679. The van der Waals surface area contributed by atoms with Gasteiger partial charge in [-0.2, -0.15) is 0 Å². The van der Waals surface area contributed by atoms with Gasteiger partial charge in [0.15, 0.2) is 5.69 Å². The number of imidazole rings is 1. The van der Waals surface area contributed by atoms with Gasteiger partial charge in [0.2, 0.25) is 0 Å². The van der Waals surface area contributed by atoms with Gasteiger partial charge in [-0.05, 0) is 25.1 Å². The standard InChI is InChI=1S/C12H11ClFN3O2/c1-6-16-10(12(18)19-2)11(15)17(6)9-5-7(13)3-4-8(9)14/h3-5H,15H2,1-2H3. The van der Waals surface area contributed by atoms with Crippen molar-refractivity contribution >= 4 is 23.4 Å². The quantitative estimate of drug-likeness (QED) is 0.859. The largest absolute Gasteiger partial charge is 0.464 e. The number of aromatic nitrogens is 2. The van der Waals surface area contributed by atoms with E-state index in [2.05, 4.69) is 9.72 Å². The molecular formula is C12H11ClFN3O2. The van der Waals surface area contributed by atoms with E-state index in [0.29, 0.717) is 10.8 Å². The monoisotopic (exact) mass is 283 g/mol. The molecule has 0 bridgehead atoms. The van der Waals surface area contributed by atoms with Gasteiger partial charge in [-0.15, -0.1) is 0 Å². The van der Waals surface area contributed by atoms with Gasteiger partial charge in [0.1, 0.15) is 17.5 Å². The average molecular weight is 284 g/mol. The molecule has 19 heavy (non-hydrogen) atoms. The minimum Gasteiger partial charge on any atom is -0.464 e. The lowest BCUT2D eigenvalue weighted by Crippen LogP contribution is -2.08. The molecule has 0 spiro atoms. The molecule has 1 aromatic carbocycles. The molecule has 0 atom stereocenters. The van der Waals surface area contributed by atoms with E-state index in [-0.39, 0.29) is 17.2 Å². The van der Waals surface area contributed by atoms with Crippen LogP contribution in [-0.2, 0) is 4.74 Å². The Balaban J connectivity index is 2.66. The van der Waals surface area contributed by atoms with Crippen LogP contribution in [-0.4, -0.2) is 22.6 Å². The number of anilines is 1. The van der Waals surface area contributed by atoms with Crippen molar-refractivity contribution in [2.24, 2.45) is 0 Å². The van der Waals surface area contributed by atoms with Crippen molar-refractivity contribution in [3.05, 3.63) is 40.6 Å². The van der Waals surface area contributed by atoms with Crippen LogP contribution in [0.1, 0.15) is 16.3 Å². The zero-order chi connectivity index (χ0) is 14.2. The highest BCUT2D eigenvalue weighted by atomic mass is 35.5. The van der Waals surface area contributed by atoms with E-state index < -0.39 is 11.8 Å². The number of methoxy groups -OCH3 is 1. The van der Waals surface area contributed by atoms with Crippen LogP contribution in [0.15, 0.2) is 18.2 Å². The Morgan fingerprint density at radius 1 is 1.53 bits per heavy atom. The van der Waals surface area contributed by atoms with Crippen molar-refractivity contribution in [3.8, 4) is 5.69 Å². The Morgan fingerprint density at radius 2 is 2.21 bits per heavy atom. The molecule has 100 valence electrons. The van der Waals surface area contributed by atoms with Crippen LogP contribution in [0.5, 0.6) is 0 Å². The van der Waals surface area contributed by atoms with E-state index in [0.717, 1.165) is 0 Å². The van der Waals surface area contributed by atoms with Crippen molar-refractivity contribution in [1.82, 2.24) is 9.55 Å². The topological polar surface area (TPSA) is 70.1 Å². The molecule has 0 saturated heterocycles. The molecule has 1 aromatic heterocycles. The van der Waals surface area contributed by atoms with Gasteiger partial charge >= 0.3 is 5.97 Å². The molecule has 0 saturated carbocycles. The van der Waals surface area contributed by atoms with Crippen LogP contribution in [0.4, 0.5) is 10.2 Å². The molecule has 0 fully saturated rings. The second kappa shape index (κ2) is 4.89. The molecule has 0 unspecified atom stereocenters. The molecular weight excluding hydrogens is 273 g/mol. The Labute approximate surface area is 113 Å². The van der Waals surface area contributed by atoms with Crippen LogP contribution < -0.4 is 5.73 Å². The molecule has 0 aliphatic rings. The number of esters is 1. The van der Waals surface area contributed by atoms with Crippen molar-refractivity contribution in [3.63, 3.8) is 0 Å². The van der Waals surface area contributed by atoms with Gasteiger partial charge in [0, 0.05) is 5.02 Å². The van der Waals surface area contributed by atoms with E-state index in [1.165, 1.54) is 29.9 Å². The first-order chi connectivity index (χ1) is 8.95. The third-order valence-corrected chi connectivity index (χ3v) is 2.84. The van der Waals surface area contributed by atoms with Gasteiger partial charge in [0.05, 0.1) is 12.8 Å². The first-order valence-electron chi connectivity index (χ1n) is 5.34. The number of nitrogens with two attached hydrogens (primary N) is 1. The molecule has 2 N–H and O–H groups in total. The smallest absolute Gasteiger partial charge is 0.360 e. The summed E-state index contributed by atoms with van der Waals surface area (Å²) in [4.78, 5) is 15.5. The molecule has 5 nitrogen and oxygen atoms in total. The summed E-state index contributed by atoms with van der Waals surface area (Å²) in [7, 11) is 1.22. The summed E-state index contributed by atoms with van der Waals surface area (Å²) in [6.45, 7) is 1.60. The number of hydrogen-bond acceptors (Lipinski definition) is 4. The van der Waals surface area contributed by atoms with Crippen molar-refractivity contribution in [2.75, 3.05) is 12.8 Å². The number of rotatable bonds is 2. The minimum absolute atomic E-state index is 0.00511. The number of aryl methyl sites for hydroxylation is 1. The van der Waals surface area contributed by atoms with Crippen molar-refractivity contribution < 1.29 is 13.9 Å². The van der Waals surface area contributed by atoms with Gasteiger partial charge in [0.25, 0.3) is 0 Å². The summed E-state index contributed by atoms with van der Waals surface area (Å²) in [5.74, 6) is -0.834. The van der Waals surface area contributed by atoms with Gasteiger partial charge in [-0.25, -0.2) is 14.2 Å². The summed E-state index contributed by atoms with van der Waals surface area (Å²) in [6.07, 6.45) is 0. The number of hydrogen-bond donors (Lipinski definition) is 1. The molecule has 0 aliphatic carbocycles. The van der Waals surface area contributed by atoms with Crippen molar-refractivity contribution in [1.29, 1.82) is 0 Å². The second-order valence-electron chi connectivity index (χ2n) is 3.82. The van der Waals surface area contributed by atoms with Crippen LogP contribution in [0, 0.1) is 12.7 Å². The van der Waals surface area contributed by atoms with Gasteiger partial charge in [-0.3, -0.25) is 4.57 Å². The SMILES string of the molecule is COC(=O)c1nc(C)n(-c2cc(Cl)ccc2F)c1N. The van der Waals surface area contributed by atoms with Gasteiger partial charge < -0.3 is 10.5 Å². The van der Waals surface area contributed by atoms with Crippen molar-refractivity contribution in [2.45, 2.75) is 6.92 Å². The highest BCUT2D eigenvalue weighted by molar-refractivity contribution is 6.30. The van der Waals surface area contributed by atoms with Crippen LogP contribution in [0.3, 0.4) is 0 Å². The second-order valence-corrected chi connectivity index (χ2v) is 4.25. The first kappa shape index (κ1) is 13.4. The highest BCUT2D eigenvalue weighted by Gasteiger charge is 2.21. The Morgan fingerprint density at radius 3 is 2.84 bits per heavy atom. The fourth-order valence-electron chi connectivity index (χ4n) is 1.76. The molecule has 0 aliphatic heterocycles. The number of carbonyl (C=O) groups is 1. The van der Waals surface area contributed by atoms with E-state index in [1.807, 2.05) is 0 Å². The van der Waals surface area contributed by atoms with Crippen LogP contribution in [0.25, 0.3) is 5.69 Å². The Bertz CT molecular complexity index is 655. The van der Waals surface area contributed by atoms with E-state index in [9.17, 15) is 9.18 Å². The third-order valence-electron chi connectivity index (χ3n) is 2.61. The fourth-order valence-corrected chi connectivity index (χ4v) is 1.92.